The molecule has 3 rings (SSSR count). The van der Waals surface area contributed by atoms with E-state index >= 15 is 0 Å². The number of nitrogens with zero attached hydrogens (tertiary/aromatic N) is 1. The summed E-state index contributed by atoms with van der Waals surface area (Å²) in [6.07, 6.45) is 4.72. The number of nitrogens with two attached hydrogens (primary N) is 1. The van der Waals surface area contributed by atoms with Gasteiger partial charge in [0.15, 0.2) is 0 Å². The minimum Gasteiger partial charge on any atom is -0.399 e. The summed E-state index contributed by atoms with van der Waals surface area (Å²) >= 11 is 1.43. The molecule has 1 aromatic heterocycles. The molecule has 0 saturated heterocycles. The normalized spacial score (nSPS) is 16.7. The molecule has 1 aromatic carbocycles. The maximum Gasteiger partial charge on any atom is 0.263 e. The summed E-state index contributed by atoms with van der Waals surface area (Å²) < 4.78 is 0. The molecule has 3 N–H and O–H groups in total. The number of carbonyl (C=O) groups is 1. The van der Waals surface area contributed by atoms with Crippen LogP contribution in [-0.2, 0) is 6.42 Å². The van der Waals surface area contributed by atoms with Gasteiger partial charge in [-0.05, 0) is 49.4 Å². The first-order valence-corrected chi connectivity index (χ1v) is 7.57. The van der Waals surface area contributed by atoms with Gasteiger partial charge >= 0.3 is 0 Å². The predicted octanol–water partition coefficient (Wildman–Crippen LogP) is 3.26. The number of aromatic nitrogens is 1. The van der Waals surface area contributed by atoms with Crippen molar-refractivity contribution >= 4 is 35.3 Å². The van der Waals surface area contributed by atoms with E-state index in [0.717, 1.165) is 30.0 Å². The van der Waals surface area contributed by atoms with Crippen LogP contribution in [0.5, 0.6) is 0 Å². The monoisotopic (exact) mass is 323 g/mol. The third kappa shape index (κ3) is 3.36. The Morgan fingerprint density at radius 2 is 2.29 bits per heavy atom. The Labute approximate surface area is 134 Å². The van der Waals surface area contributed by atoms with Gasteiger partial charge in [0.05, 0.1) is 17.2 Å². The summed E-state index contributed by atoms with van der Waals surface area (Å²) in [4.78, 5) is 17.0. The second-order valence-corrected chi connectivity index (χ2v) is 6.35. The lowest BCUT2D eigenvalue weighted by Crippen LogP contribution is -2.30. The van der Waals surface area contributed by atoms with E-state index in [0.29, 0.717) is 4.88 Å². The molecule has 6 heteroatoms. The lowest BCUT2D eigenvalue weighted by molar-refractivity contribution is 0.0936. The second kappa shape index (κ2) is 6.45. The van der Waals surface area contributed by atoms with Crippen LogP contribution in [0.3, 0.4) is 0 Å². The fourth-order valence-corrected chi connectivity index (χ4v) is 3.36. The zero-order valence-electron chi connectivity index (χ0n) is 11.8. The zero-order valence-corrected chi connectivity index (χ0v) is 13.4. The number of benzene rings is 1. The number of nitrogens with one attached hydrogen (secondary N) is 1. The molecule has 0 fully saturated rings. The fourth-order valence-electron chi connectivity index (χ4n) is 2.68. The molecule has 1 aliphatic rings. The van der Waals surface area contributed by atoms with Crippen LogP contribution in [0.15, 0.2) is 24.4 Å². The summed E-state index contributed by atoms with van der Waals surface area (Å²) in [6, 6.07) is 6.03. The molecule has 112 valence electrons. The van der Waals surface area contributed by atoms with Gasteiger partial charge in [-0.3, -0.25) is 4.79 Å². The lowest BCUT2D eigenvalue weighted by atomic mass is 9.87. The number of halogens is 1. The van der Waals surface area contributed by atoms with E-state index in [2.05, 4.69) is 10.3 Å². The topological polar surface area (TPSA) is 68.0 Å². The van der Waals surface area contributed by atoms with Crippen molar-refractivity contribution in [2.75, 3.05) is 5.73 Å². The van der Waals surface area contributed by atoms with Crippen molar-refractivity contribution < 1.29 is 4.79 Å². The predicted molar refractivity (Wildman–Crippen MR) is 88.1 cm³/mol. The molecule has 1 heterocycles. The molecule has 2 aromatic rings. The third-order valence-electron chi connectivity index (χ3n) is 3.63. The number of thiazole rings is 1. The van der Waals surface area contributed by atoms with E-state index in [-0.39, 0.29) is 24.4 Å². The minimum atomic E-state index is -0.0368. The number of nitrogen functional groups attached to an aromatic ring is 1. The number of amides is 1. The molecule has 0 radical (unpaired) electrons. The molecular formula is C15H18ClN3OS. The number of fused-ring (bicyclic) bond motifs is 1. The molecule has 1 amide bonds. The van der Waals surface area contributed by atoms with Crippen LogP contribution in [0.1, 0.15) is 44.7 Å². The highest BCUT2D eigenvalue weighted by atomic mass is 35.5. The fraction of sp³-hybridized carbons (Fsp3) is 0.333. The van der Waals surface area contributed by atoms with E-state index in [9.17, 15) is 4.79 Å². The van der Waals surface area contributed by atoms with Gasteiger partial charge in [-0.2, -0.15) is 0 Å². The second-order valence-electron chi connectivity index (χ2n) is 5.12. The summed E-state index contributed by atoms with van der Waals surface area (Å²) in [5, 5.41) is 4.02. The molecule has 0 aliphatic heterocycles. The van der Waals surface area contributed by atoms with Crippen LogP contribution in [0.2, 0.25) is 0 Å². The van der Waals surface area contributed by atoms with Crippen LogP contribution in [-0.4, -0.2) is 10.9 Å². The van der Waals surface area contributed by atoms with Gasteiger partial charge in [0, 0.05) is 5.69 Å². The van der Waals surface area contributed by atoms with E-state index in [1.165, 1.54) is 22.5 Å². The minimum absolute atomic E-state index is 0. The van der Waals surface area contributed by atoms with Crippen molar-refractivity contribution in [1.29, 1.82) is 0 Å². The summed E-state index contributed by atoms with van der Waals surface area (Å²) in [5.41, 5.74) is 9.06. The van der Waals surface area contributed by atoms with Crippen molar-refractivity contribution in [2.45, 2.75) is 32.2 Å². The molecule has 0 saturated carbocycles. The number of aryl methyl sites for hydroxylation is 2. The smallest absolute Gasteiger partial charge is 0.263 e. The number of anilines is 1. The molecule has 0 spiro atoms. The van der Waals surface area contributed by atoms with Crippen molar-refractivity contribution in [3.63, 3.8) is 0 Å². The lowest BCUT2D eigenvalue weighted by Gasteiger charge is -2.26. The molecule has 4 nitrogen and oxygen atoms in total. The number of hydrogen-bond acceptors (Lipinski definition) is 4. The van der Waals surface area contributed by atoms with E-state index < -0.39 is 0 Å². The van der Waals surface area contributed by atoms with Crippen LogP contribution in [0, 0.1) is 6.92 Å². The quantitative estimate of drug-likeness (QED) is 0.833. The first-order chi connectivity index (χ1) is 9.63. The van der Waals surface area contributed by atoms with Gasteiger partial charge in [0.1, 0.15) is 4.88 Å². The Bertz CT molecular complexity index is 656. The largest absolute Gasteiger partial charge is 0.399 e. The Balaban J connectivity index is 0.00000161. The Morgan fingerprint density at radius 1 is 1.48 bits per heavy atom. The Kier molecular flexibility index (Phi) is 4.85. The molecular weight excluding hydrogens is 306 g/mol. The van der Waals surface area contributed by atoms with Gasteiger partial charge in [-0.25, -0.2) is 4.98 Å². The standard InChI is InChI=1S/C15H17N3OS.ClH/c1-9-17-8-14(20-9)15(19)18-13-4-2-3-10-7-11(16)5-6-12(10)13;/h5-8,13H,2-4,16H2,1H3,(H,18,19);1H. The SMILES string of the molecule is Cc1ncc(C(=O)NC2CCCc3cc(N)ccc32)s1.Cl. The summed E-state index contributed by atoms with van der Waals surface area (Å²) in [5.74, 6) is -0.0368. The van der Waals surface area contributed by atoms with Crippen molar-refractivity contribution in [2.24, 2.45) is 0 Å². The van der Waals surface area contributed by atoms with Gasteiger partial charge in [0.25, 0.3) is 5.91 Å². The van der Waals surface area contributed by atoms with Gasteiger partial charge in [-0.15, -0.1) is 23.7 Å². The zero-order chi connectivity index (χ0) is 14.1. The Hall–Kier alpha value is -1.59. The molecule has 1 atom stereocenters. The first-order valence-electron chi connectivity index (χ1n) is 6.75. The van der Waals surface area contributed by atoms with E-state index in [1.54, 1.807) is 6.20 Å². The number of carbonyl (C=O) groups excluding carboxylic acids is 1. The summed E-state index contributed by atoms with van der Waals surface area (Å²) in [7, 11) is 0. The van der Waals surface area contributed by atoms with Crippen LogP contribution in [0.4, 0.5) is 5.69 Å². The maximum atomic E-state index is 12.2. The molecule has 1 unspecified atom stereocenters. The number of rotatable bonds is 2. The maximum absolute atomic E-state index is 12.2. The first kappa shape index (κ1) is 15.8. The van der Waals surface area contributed by atoms with Crippen LogP contribution in [0.25, 0.3) is 0 Å². The average molecular weight is 324 g/mol. The van der Waals surface area contributed by atoms with E-state index in [1.807, 2.05) is 25.1 Å². The van der Waals surface area contributed by atoms with Gasteiger partial charge < -0.3 is 11.1 Å². The van der Waals surface area contributed by atoms with E-state index in [4.69, 9.17) is 5.73 Å². The van der Waals surface area contributed by atoms with Crippen molar-refractivity contribution in [3.05, 3.63) is 45.4 Å². The molecule has 21 heavy (non-hydrogen) atoms. The van der Waals surface area contributed by atoms with Gasteiger partial charge in [-0.1, -0.05) is 6.07 Å². The molecule has 0 bridgehead atoms. The van der Waals surface area contributed by atoms with Crippen molar-refractivity contribution in [3.8, 4) is 0 Å². The van der Waals surface area contributed by atoms with Crippen molar-refractivity contribution in [1.82, 2.24) is 10.3 Å². The van der Waals surface area contributed by atoms with Crippen LogP contribution >= 0.6 is 23.7 Å². The summed E-state index contributed by atoms with van der Waals surface area (Å²) in [6.45, 7) is 1.90. The highest BCUT2D eigenvalue weighted by Gasteiger charge is 2.22. The molecule has 1 aliphatic carbocycles. The van der Waals surface area contributed by atoms with Gasteiger partial charge in [0.2, 0.25) is 0 Å². The van der Waals surface area contributed by atoms with Crippen LogP contribution < -0.4 is 11.1 Å². The third-order valence-corrected chi connectivity index (χ3v) is 4.54. The highest BCUT2D eigenvalue weighted by molar-refractivity contribution is 7.13. The Morgan fingerprint density at radius 3 is 3.00 bits per heavy atom. The highest BCUT2D eigenvalue weighted by Crippen LogP contribution is 2.31. The number of hydrogen-bond donors (Lipinski definition) is 2. The average Bonchev–Trinajstić information content (AvgIpc) is 2.85.